The van der Waals surface area contributed by atoms with Gasteiger partial charge in [0.2, 0.25) is 0 Å². The van der Waals surface area contributed by atoms with Crippen LogP contribution in [-0.4, -0.2) is 57.1 Å². The number of hydrogen-bond donors (Lipinski definition) is 1. The van der Waals surface area contributed by atoms with Gasteiger partial charge >= 0.3 is 5.97 Å². The van der Waals surface area contributed by atoms with Crippen LogP contribution in [0.25, 0.3) is 6.08 Å². The minimum absolute atomic E-state index is 0.000644. The number of methoxy groups -OCH3 is 1. The van der Waals surface area contributed by atoms with Crippen molar-refractivity contribution in [2.75, 3.05) is 20.2 Å². The lowest BCUT2D eigenvalue weighted by Crippen LogP contribution is -2.42. The van der Waals surface area contributed by atoms with E-state index in [1.165, 1.54) is 18.0 Å². The average molecular weight is 445 g/mol. The summed E-state index contributed by atoms with van der Waals surface area (Å²) >= 11 is 4.70. The van der Waals surface area contributed by atoms with Crippen LogP contribution in [0, 0.1) is 11.7 Å². The first-order valence-corrected chi connectivity index (χ1v) is 10.9. The number of carbonyl (C=O) groups excluding carboxylic acids is 2. The van der Waals surface area contributed by atoms with Crippen molar-refractivity contribution in [3.05, 3.63) is 53.1 Å². The minimum Gasteiger partial charge on any atom is -0.468 e. The number of Topliss-reactive ketones (excluding diaryl/α,β-unsaturated/α-hetero) is 1. The van der Waals surface area contributed by atoms with Gasteiger partial charge in [-0.25, -0.2) is 9.18 Å². The third-order valence-electron chi connectivity index (χ3n) is 5.70. The van der Waals surface area contributed by atoms with Crippen LogP contribution in [0.3, 0.4) is 0 Å². The van der Waals surface area contributed by atoms with Crippen molar-refractivity contribution < 1.29 is 18.7 Å². The second-order valence-electron chi connectivity index (χ2n) is 7.97. The lowest BCUT2D eigenvalue weighted by molar-refractivity contribution is -0.141. The lowest BCUT2D eigenvalue weighted by Gasteiger charge is -2.37. The summed E-state index contributed by atoms with van der Waals surface area (Å²) in [4.78, 5) is 27.8. The Morgan fingerprint density at radius 1 is 1.32 bits per heavy atom. The maximum Gasteiger partial charge on any atom is 0.329 e. The first-order chi connectivity index (χ1) is 15.0. The number of ether oxygens (including phenoxy) is 1. The van der Waals surface area contributed by atoms with Gasteiger partial charge in [0, 0.05) is 29.8 Å². The zero-order valence-electron chi connectivity index (χ0n) is 17.3. The number of ketones is 1. The van der Waals surface area contributed by atoms with Crippen molar-refractivity contribution in [2.45, 2.75) is 37.1 Å². The number of rotatable bonds is 7. The van der Waals surface area contributed by atoms with Crippen molar-refractivity contribution in [3.8, 4) is 0 Å². The van der Waals surface area contributed by atoms with Gasteiger partial charge < -0.3 is 4.74 Å². The molecule has 2 unspecified atom stereocenters. The number of piperidine rings is 1. The number of thiol groups is 1. The average Bonchev–Trinajstić information content (AvgIpc) is 3.53. The Bertz CT molecular complexity index is 1000. The quantitative estimate of drug-likeness (QED) is 0.523. The van der Waals surface area contributed by atoms with Gasteiger partial charge in [0.15, 0.2) is 12.3 Å². The molecule has 9 heteroatoms. The van der Waals surface area contributed by atoms with E-state index in [0.717, 1.165) is 24.8 Å². The lowest BCUT2D eigenvalue weighted by atomic mass is 9.93. The molecule has 0 amide bonds. The Kier molecular flexibility index (Phi) is 6.52. The van der Waals surface area contributed by atoms with E-state index in [1.54, 1.807) is 24.4 Å². The van der Waals surface area contributed by atoms with Gasteiger partial charge in [-0.3, -0.25) is 9.69 Å². The summed E-state index contributed by atoms with van der Waals surface area (Å²) in [6.45, 7) is 1.06. The van der Waals surface area contributed by atoms with Crippen molar-refractivity contribution in [3.63, 3.8) is 0 Å². The number of hydrogen-bond acceptors (Lipinski definition) is 7. The molecule has 4 rings (SSSR count). The van der Waals surface area contributed by atoms with E-state index in [9.17, 15) is 14.0 Å². The number of esters is 1. The Morgan fingerprint density at radius 2 is 2.10 bits per heavy atom. The highest BCUT2D eigenvalue weighted by molar-refractivity contribution is 7.81. The molecule has 0 bridgehead atoms. The topological polar surface area (TPSA) is 77.3 Å². The molecule has 0 N–H and O–H groups in total. The maximum absolute atomic E-state index is 14.6. The molecule has 2 atom stereocenters. The third kappa shape index (κ3) is 5.04. The first-order valence-electron chi connectivity index (χ1n) is 10.3. The Hall–Kier alpha value is -2.52. The van der Waals surface area contributed by atoms with E-state index in [-0.39, 0.29) is 29.3 Å². The van der Waals surface area contributed by atoms with Crippen molar-refractivity contribution >= 4 is 30.5 Å². The van der Waals surface area contributed by atoms with Crippen LogP contribution in [0.5, 0.6) is 0 Å². The van der Waals surface area contributed by atoms with Crippen LogP contribution < -0.4 is 0 Å². The molecule has 1 aliphatic carbocycles. The molecule has 2 aromatic rings. The maximum atomic E-state index is 14.6. The van der Waals surface area contributed by atoms with Gasteiger partial charge in [0.1, 0.15) is 11.5 Å². The molecule has 1 aromatic carbocycles. The molecule has 1 saturated heterocycles. The summed E-state index contributed by atoms with van der Waals surface area (Å²) in [6, 6.07) is 5.92. The normalized spacial score (nSPS) is 21.8. The molecule has 0 spiro atoms. The fraction of sp³-hybridized carbons (Fsp3) is 0.455. The molecule has 2 fully saturated rings. The van der Waals surface area contributed by atoms with E-state index in [2.05, 4.69) is 14.9 Å². The van der Waals surface area contributed by atoms with Crippen LogP contribution >= 0.6 is 12.6 Å². The van der Waals surface area contributed by atoms with Gasteiger partial charge in [-0.05, 0) is 37.0 Å². The highest BCUT2D eigenvalue weighted by atomic mass is 32.1. The third-order valence-corrected chi connectivity index (χ3v) is 6.29. The molecule has 0 radical (unpaired) electrons. The summed E-state index contributed by atoms with van der Waals surface area (Å²) in [5.41, 5.74) is 2.00. The molecule has 2 aliphatic rings. The summed E-state index contributed by atoms with van der Waals surface area (Å²) in [5, 5.41) is 8.38. The standard InChI is InChI=1S/C22H25FN4O3S/c1-30-20(28)13-27-24-11-16(25-27)10-15-12-26(9-8-19(15)31)21(22(29)14-6-7-14)17-4-2-3-5-18(17)23/h2-5,10-11,14,19,21,31H,6-9,12-13H2,1H3/b15-10-. The summed E-state index contributed by atoms with van der Waals surface area (Å²) in [6.07, 6.45) is 5.93. The number of benzene rings is 1. The molecule has 1 aliphatic heterocycles. The summed E-state index contributed by atoms with van der Waals surface area (Å²) < 4.78 is 19.3. The van der Waals surface area contributed by atoms with E-state index >= 15 is 0 Å². The molecule has 1 aromatic heterocycles. The first kappa shape index (κ1) is 21.7. The van der Waals surface area contributed by atoms with Crippen molar-refractivity contribution in [2.24, 2.45) is 5.92 Å². The van der Waals surface area contributed by atoms with Gasteiger partial charge in [-0.2, -0.15) is 27.6 Å². The smallest absolute Gasteiger partial charge is 0.329 e. The van der Waals surface area contributed by atoms with E-state index in [4.69, 9.17) is 12.6 Å². The molecule has 31 heavy (non-hydrogen) atoms. The summed E-state index contributed by atoms with van der Waals surface area (Å²) in [5.74, 6) is -0.683. The fourth-order valence-electron chi connectivity index (χ4n) is 3.90. The van der Waals surface area contributed by atoms with Crippen LogP contribution in [0.2, 0.25) is 0 Å². The molecular weight excluding hydrogens is 419 g/mol. The van der Waals surface area contributed by atoms with E-state index < -0.39 is 12.0 Å². The van der Waals surface area contributed by atoms with Gasteiger partial charge in [0.05, 0.1) is 19.3 Å². The predicted octanol–water partition coefficient (Wildman–Crippen LogP) is 2.70. The predicted molar refractivity (Wildman–Crippen MR) is 116 cm³/mol. The Labute approximate surface area is 185 Å². The Morgan fingerprint density at radius 3 is 2.81 bits per heavy atom. The van der Waals surface area contributed by atoms with Gasteiger partial charge in [-0.1, -0.05) is 18.2 Å². The second-order valence-corrected chi connectivity index (χ2v) is 8.59. The number of carbonyl (C=O) groups is 2. The highest BCUT2D eigenvalue weighted by Gasteiger charge is 2.40. The van der Waals surface area contributed by atoms with E-state index in [1.807, 2.05) is 11.0 Å². The minimum atomic E-state index is -0.604. The molecule has 164 valence electrons. The SMILES string of the molecule is COC(=O)Cn1ncc(/C=C2/CN(C(C(=O)C3CC3)c3ccccc3F)CCC2S)n1. The van der Waals surface area contributed by atoms with Crippen LogP contribution in [0.4, 0.5) is 4.39 Å². The Balaban J connectivity index is 1.58. The number of halogens is 1. The number of nitrogens with zero attached hydrogens (tertiary/aromatic N) is 4. The van der Waals surface area contributed by atoms with E-state index in [0.29, 0.717) is 24.3 Å². The van der Waals surface area contributed by atoms with Crippen LogP contribution in [0.15, 0.2) is 36.0 Å². The van der Waals surface area contributed by atoms with Gasteiger partial charge in [-0.15, -0.1) is 0 Å². The van der Waals surface area contributed by atoms with Gasteiger partial charge in [0.25, 0.3) is 0 Å². The monoisotopic (exact) mass is 444 g/mol. The second kappa shape index (κ2) is 9.32. The van der Waals surface area contributed by atoms with Crippen LogP contribution in [-0.2, 0) is 20.9 Å². The fourth-order valence-corrected chi connectivity index (χ4v) is 4.17. The van der Waals surface area contributed by atoms with Crippen molar-refractivity contribution in [1.82, 2.24) is 19.9 Å². The van der Waals surface area contributed by atoms with Crippen LogP contribution in [0.1, 0.15) is 36.6 Å². The molecular formula is C22H25FN4O3S. The molecule has 2 heterocycles. The number of aromatic nitrogens is 3. The summed E-state index contributed by atoms with van der Waals surface area (Å²) in [7, 11) is 1.31. The molecule has 1 saturated carbocycles. The largest absolute Gasteiger partial charge is 0.468 e. The zero-order valence-corrected chi connectivity index (χ0v) is 18.2. The van der Waals surface area contributed by atoms with Crippen molar-refractivity contribution in [1.29, 1.82) is 0 Å². The highest BCUT2D eigenvalue weighted by Crippen LogP contribution is 2.39. The molecule has 7 nitrogen and oxygen atoms in total. The zero-order chi connectivity index (χ0) is 22.0. The number of likely N-dealkylation sites (tertiary alicyclic amines) is 1.